The molecule has 5 heteroatoms. The zero-order chi connectivity index (χ0) is 11.1. The van der Waals surface area contributed by atoms with Crippen molar-refractivity contribution in [2.24, 2.45) is 7.05 Å². The number of aromatic nitrogens is 2. The number of carbonyl (C=O) groups excluding carboxylic acids is 1. The molecule has 0 atom stereocenters. The predicted octanol–water partition coefficient (Wildman–Crippen LogP) is 1.56. The van der Waals surface area contributed by atoms with Gasteiger partial charge in [0.1, 0.15) is 11.3 Å². The van der Waals surface area contributed by atoms with Crippen LogP contribution in [0.3, 0.4) is 0 Å². The summed E-state index contributed by atoms with van der Waals surface area (Å²) in [6.07, 6.45) is 4.24. The van der Waals surface area contributed by atoms with Crippen LogP contribution in [-0.4, -0.2) is 26.3 Å². The van der Waals surface area contributed by atoms with E-state index in [1.807, 2.05) is 0 Å². The van der Waals surface area contributed by atoms with Gasteiger partial charge >= 0.3 is 0 Å². The number of nitrogens with zero attached hydrogens (tertiary/aromatic N) is 2. The van der Waals surface area contributed by atoms with Crippen LogP contribution < -0.4 is 0 Å². The van der Waals surface area contributed by atoms with Crippen LogP contribution in [-0.2, 0) is 7.05 Å². The van der Waals surface area contributed by atoms with Gasteiger partial charge in [0.2, 0.25) is 5.78 Å². The molecular weight excluding hydrogens is 216 g/mol. The Bertz CT molecular complexity index is 375. The normalized spacial score (nSPS) is 19.4. The van der Waals surface area contributed by atoms with Crippen LogP contribution in [0, 0.1) is 0 Å². The topological polar surface area (TPSA) is 55.1 Å². The average molecular weight is 229 g/mol. The van der Waals surface area contributed by atoms with Crippen molar-refractivity contribution < 1.29 is 9.90 Å². The summed E-state index contributed by atoms with van der Waals surface area (Å²) >= 11 is 5.87. The van der Waals surface area contributed by atoms with Crippen molar-refractivity contribution in [3.05, 3.63) is 16.9 Å². The lowest BCUT2D eigenvalue weighted by atomic mass is 9.94. The Balaban J connectivity index is 2.35. The maximum Gasteiger partial charge on any atom is 0.213 e. The number of ketones is 1. The van der Waals surface area contributed by atoms with Gasteiger partial charge in [-0.1, -0.05) is 11.6 Å². The number of halogens is 1. The summed E-state index contributed by atoms with van der Waals surface area (Å²) in [6.45, 7) is 0. The largest absolute Gasteiger partial charge is 0.382 e. The summed E-state index contributed by atoms with van der Waals surface area (Å²) in [5.41, 5.74) is -0.918. The summed E-state index contributed by atoms with van der Waals surface area (Å²) in [4.78, 5) is 12.1. The summed E-state index contributed by atoms with van der Waals surface area (Å²) < 4.78 is 1.42. The highest BCUT2D eigenvalue weighted by molar-refractivity contribution is 6.34. The van der Waals surface area contributed by atoms with Crippen LogP contribution in [0.5, 0.6) is 0 Å². The Hall–Kier alpha value is -0.870. The van der Waals surface area contributed by atoms with Crippen molar-refractivity contribution in [2.45, 2.75) is 31.3 Å². The first kappa shape index (κ1) is 10.6. The van der Waals surface area contributed by atoms with E-state index in [0.29, 0.717) is 23.6 Å². The number of aryl methyl sites for hydroxylation is 1. The molecule has 0 amide bonds. The highest BCUT2D eigenvalue weighted by Gasteiger charge is 2.41. The number of carbonyl (C=O) groups is 1. The lowest BCUT2D eigenvalue weighted by molar-refractivity contribution is 0.0343. The van der Waals surface area contributed by atoms with E-state index in [1.165, 1.54) is 10.9 Å². The Morgan fingerprint density at radius 1 is 1.60 bits per heavy atom. The molecule has 0 bridgehead atoms. The monoisotopic (exact) mass is 228 g/mol. The van der Waals surface area contributed by atoms with Crippen molar-refractivity contribution in [2.75, 3.05) is 0 Å². The molecule has 1 heterocycles. The molecule has 1 aromatic heterocycles. The maximum absolute atomic E-state index is 12.1. The maximum atomic E-state index is 12.1. The third-order valence-corrected chi connectivity index (χ3v) is 3.24. The van der Waals surface area contributed by atoms with Crippen LogP contribution in [0.15, 0.2) is 6.20 Å². The SMILES string of the molecule is Cn1ncc(Cl)c1C(=O)C1(O)CCCC1. The van der Waals surface area contributed by atoms with Crippen molar-refractivity contribution in [3.63, 3.8) is 0 Å². The molecule has 1 aliphatic rings. The molecule has 0 spiro atoms. The molecule has 0 aliphatic heterocycles. The first-order valence-corrected chi connectivity index (χ1v) is 5.37. The van der Waals surface area contributed by atoms with E-state index < -0.39 is 5.60 Å². The second-order valence-electron chi connectivity index (χ2n) is 4.03. The highest BCUT2D eigenvalue weighted by atomic mass is 35.5. The van der Waals surface area contributed by atoms with E-state index in [4.69, 9.17) is 11.6 Å². The molecule has 15 heavy (non-hydrogen) atoms. The fourth-order valence-corrected chi connectivity index (χ4v) is 2.33. The van der Waals surface area contributed by atoms with E-state index in [0.717, 1.165) is 12.8 Å². The molecule has 1 fully saturated rings. The van der Waals surface area contributed by atoms with Gasteiger partial charge in [0.25, 0.3) is 0 Å². The van der Waals surface area contributed by atoms with Crippen LogP contribution in [0.25, 0.3) is 0 Å². The van der Waals surface area contributed by atoms with Crippen molar-refractivity contribution in [1.29, 1.82) is 0 Å². The standard InChI is InChI=1S/C10H13ClN2O2/c1-13-8(7(11)6-12-13)9(14)10(15)4-2-3-5-10/h6,15H,2-5H2,1H3. The molecule has 82 valence electrons. The van der Waals surface area contributed by atoms with Gasteiger partial charge in [-0.3, -0.25) is 9.48 Å². The van der Waals surface area contributed by atoms with Gasteiger partial charge in [0, 0.05) is 7.05 Å². The molecule has 1 aromatic rings. The molecule has 1 saturated carbocycles. The minimum Gasteiger partial charge on any atom is -0.382 e. The molecule has 0 saturated heterocycles. The van der Waals surface area contributed by atoms with E-state index in [1.54, 1.807) is 7.05 Å². The second-order valence-corrected chi connectivity index (χ2v) is 4.44. The fourth-order valence-electron chi connectivity index (χ4n) is 2.07. The van der Waals surface area contributed by atoms with Gasteiger partial charge in [-0.2, -0.15) is 5.10 Å². The van der Waals surface area contributed by atoms with Crippen molar-refractivity contribution >= 4 is 17.4 Å². The van der Waals surface area contributed by atoms with Gasteiger partial charge < -0.3 is 5.11 Å². The Morgan fingerprint density at radius 3 is 2.67 bits per heavy atom. The molecular formula is C10H13ClN2O2. The number of hydrogen-bond acceptors (Lipinski definition) is 3. The van der Waals surface area contributed by atoms with Gasteiger partial charge in [-0.25, -0.2) is 0 Å². The zero-order valence-corrected chi connectivity index (χ0v) is 9.29. The minimum atomic E-state index is -1.22. The van der Waals surface area contributed by atoms with E-state index in [9.17, 15) is 9.90 Å². The minimum absolute atomic E-state index is 0.301. The lowest BCUT2D eigenvalue weighted by Gasteiger charge is -2.20. The van der Waals surface area contributed by atoms with Gasteiger partial charge in [-0.15, -0.1) is 0 Å². The second kappa shape index (κ2) is 3.61. The smallest absolute Gasteiger partial charge is 0.213 e. The zero-order valence-electron chi connectivity index (χ0n) is 8.53. The lowest BCUT2D eigenvalue weighted by Crippen LogP contribution is -2.36. The Morgan fingerprint density at radius 2 is 2.20 bits per heavy atom. The third kappa shape index (κ3) is 1.68. The summed E-state index contributed by atoms with van der Waals surface area (Å²) in [5.74, 6) is -0.301. The Kier molecular flexibility index (Phi) is 2.56. The number of hydrogen-bond donors (Lipinski definition) is 1. The molecule has 0 unspecified atom stereocenters. The number of aliphatic hydroxyl groups is 1. The average Bonchev–Trinajstić information content (AvgIpc) is 2.75. The molecule has 0 radical (unpaired) electrons. The predicted molar refractivity (Wildman–Crippen MR) is 56.0 cm³/mol. The van der Waals surface area contributed by atoms with Crippen LogP contribution in [0.1, 0.15) is 36.2 Å². The number of Topliss-reactive ketones (excluding diaryl/α,β-unsaturated/α-hetero) is 1. The van der Waals surface area contributed by atoms with Crippen molar-refractivity contribution in [3.8, 4) is 0 Å². The first-order chi connectivity index (χ1) is 7.04. The molecule has 4 nitrogen and oxygen atoms in total. The highest BCUT2D eigenvalue weighted by Crippen LogP contribution is 2.33. The Labute approximate surface area is 92.8 Å². The number of rotatable bonds is 2. The van der Waals surface area contributed by atoms with Gasteiger partial charge in [-0.05, 0) is 25.7 Å². The summed E-state index contributed by atoms with van der Waals surface area (Å²) in [7, 11) is 1.65. The van der Waals surface area contributed by atoms with Gasteiger partial charge in [0.15, 0.2) is 0 Å². The van der Waals surface area contributed by atoms with E-state index in [-0.39, 0.29) is 5.78 Å². The van der Waals surface area contributed by atoms with Crippen LogP contribution in [0.2, 0.25) is 5.02 Å². The summed E-state index contributed by atoms with van der Waals surface area (Å²) in [5, 5.41) is 14.3. The molecule has 1 aliphatic carbocycles. The molecule has 0 aromatic carbocycles. The van der Waals surface area contributed by atoms with Gasteiger partial charge in [0.05, 0.1) is 11.2 Å². The van der Waals surface area contributed by atoms with E-state index in [2.05, 4.69) is 5.10 Å². The molecule has 2 rings (SSSR count). The van der Waals surface area contributed by atoms with Crippen molar-refractivity contribution in [1.82, 2.24) is 9.78 Å². The fraction of sp³-hybridized carbons (Fsp3) is 0.600. The van der Waals surface area contributed by atoms with Crippen LogP contribution in [0.4, 0.5) is 0 Å². The van der Waals surface area contributed by atoms with Crippen LogP contribution >= 0.6 is 11.6 Å². The molecule has 1 N–H and O–H groups in total. The third-order valence-electron chi connectivity index (χ3n) is 2.96. The van der Waals surface area contributed by atoms with E-state index >= 15 is 0 Å². The quantitative estimate of drug-likeness (QED) is 0.782. The summed E-state index contributed by atoms with van der Waals surface area (Å²) in [6, 6.07) is 0. The first-order valence-electron chi connectivity index (χ1n) is 4.99.